The Morgan fingerprint density at radius 3 is 3.00 bits per heavy atom. The van der Waals surface area contributed by atoms with E-state index in [0.717, 1.165) is 0 Å². The van der Waals surface area contributed by atoms with Gasteiger partial charge in [0.15, 0.2) is 0 Å². The lowest BCUT2D eigenvalue weighted by Crippen LogP contribution is -1.84. The van der Waals surface area contributed by atoms with Gasteiger partial charge >= 0.3 is 0 Å². The molecular weight excluding hydrogens is 262 g/mol. The molecule has 0 unspecified atom stereocenters. The number of aromatic nitrogens is 2. The van der Waals surface area contributed by atoms with Crippen molar-refractivity contribution in [2.24, 2.45) is 0 Å². The van der Waals surface area contributed by atoms with Gasteiger partial charge in [0.2, 0.25) is 5.28 Å². The van der Waals surface area contributed by atoms with Crippen LogP contribution in [0.1, 0.15) is 5.69 Å². The molecule has 50 valence electrons. The zero-order chi connectivity index (χ0) is 7.40. The van der Waals surface area contributed by atoms with Crippen LogP contribution < -0.4 is 0 Å². The fourth-order valence-electron chi connectivity index (χ4n) is 0.453. The molecule has 1 heterocycles. The summed E-state index contributed by atoms with van der Waals surface area (Å²) in [5.74, 6) is 2.75. The third-order valence-corrected chi connectivity index (χ3v) is 1.25. The minimum absolute atomic E-state index is 0.233. The zero-order valence-electron chi connectivity index (χ0n) is 4.81. The molecule has 0 N–H and O–H groups in total. The van der Waals surface area contributed by atoms with Crippen molar-refractivity contribution in [2.45, 2.75) is 0 Å². The minimum atomic E-state index is 0.233. The first-order valence-corrected chi connectivity index (χ1v) is 3.89. The summed E-state index contributed by atoms with van der Waals surface area (Å²) in [5.41, 5.74) is 0.648. The second-order valence-corrected chi connectivity index (χ2v) is 2.31. The molecule has 0 atom stereocenters. The fraction of sp³-hybridized carbons (Fsp3) is 0. The molecule has 1 aromatic heterocycles. The smallest absolute Gasteiger partial charge is 0.223 e. The van der Waals surface area contributed by atoms with E-state index in [1.54, 1.807) is 12.3 Å². The molecule has 0 spiro atoms. The van der Waals surface area contributed by atoms with Gasteiger partial charge in [-0.1, -0.05) is 0 Å². The van der Waals surface area contributed by atoms with E-state index < -0.39 is 0 Å². The van der Waals surface area contributed by atoms with Crippen molar-refractivity contribution in [1.82, 2.24) is 9.97 Å². The Labute approximate surface area is 77.2 Å². The molecular formula is C6H2ClIN2. The van der Waals surface area contributed by atoms with Gasteiger partial charge in [0.1, 0.15) is 5.69 Å². The van der Waals surface area contributed by atoms with E-state index in [2.05, 4.69) is 19.8 Å². The predicted molar refractivity (Wildman–Crippen MR) is 47.9 cm³/mol. The van der Waals surface area contributed by atoms with Crippen molar-refractivity contribution >= 4 is 34.2 Å². The van der Waals surface area contributed by atoms with Crippen LogP contribution in [0.3, 0.4) is 0 Å². The van der Waals surface area contributed by atoms with Crippen molar-refractivity contribution < 1.29 is 0 Å². The third kappa shape index (κ3) is 2.12. The first-order valence-electron chi connectivity index (χ1n) is 2.43. The maximum atomic E-state index is 5.49. The van der Waals surface area contributed by atoms with Crippen molar-refractivity contribution in [2.75, 3.05) is 0 Å². The first kappa shape index (κ1) is 7.76. The molecule has 10 heavy (non-hydrogen) atoms. The molecule has 4 heteroatoms. The zero-order valence-corrected chi connectivity index (χ0v) is 7.72. The maximum Gasteiger partial charge on any atom is 0.223 e. The highest BCUT2D eigenvalue weighted by Crippen LogP contribution is 1.98. The van der Waals surface area contributed by atoms with E-state index in [1.807, 2.05) is 22.6 Å². The minimum Gasteiger partial charge on any atom is -0.226 e. The van der Waals surface area contributed by atoms with Crippen LogP contribution in [-0.2, 0) is 0 Å². The van der Waals surface area contributed by atoms with Gasteiger partial charge in [-0.05, 0) is 27.5 Å². The third-order valence-electron chi connectivity index (χ3n) is 0.801. The Morgan fingerprint density at radius 1 is 1.60 bits per heavy atom. The average molecular weight is 264 g/mol. The molecule has 0 saturated carbocycles. The van der Waals surface area contributed by atoms with E-state index in [4.69, 9.17) is 11.6 Å². The Bertz CT molecular complexity index is 289. The summed E-state index contributed by atoms with van der Waals surface area (Å²) in [6.07, 6.45) is 1.58. The summed E-state index contributed by atoms with van der Waals surface area (Å²) in [4.78, 5) is 7.54. The number of hydrogen-bond donors (Lipinski definition) is 0. The summed E-state index contributed by atoms with van der Waals surface area (Å²) in [6, 6.07) is 1.71. The van der Waals surface area contributed by atoms with Crippen LogP contribution in [0.25, 0.3) is 0 Å². The molecule has 0 radical (unpaired) electrons. The number of hydrogen-bond acceptors (Lipinski definition) is 2. The lowest BCUT2D eigenvalue weighted by Gasteiger charge is -1.87. The SMILES string of the molecule is Clc1nccc(C#CI)n1. The van der Waals surface area contributed by atoms with Crippen LogP contribution in [0, 0.1) is 9.85 Å². The lowest BCUT2D eigenvalue weighted by molar-refractivity contribution is 1.15. The molecule has 0 aliphatic carbocycles. The van der Waals surface area contributed by atoms with Crippen LogP contribution in [0.5, 0.6) is 0 Å². The van der Waals surface area contributed by atoms with E-state index >= 15 is 0 Å². The molecule has 0 amide bonds. The highest BCUT2D eigenvalue weighted by Gasteiger charge is 1.89. The van der Waals surface area contributed by atoms with Crippen LogP contribution in [0.2, 0.25) is 5.28 Å². The number of rotatable bonds is 0. The van der Waals surface area contributed by atoms with Crippen LogP contribution >= 0.6 is 34.2 Å². The second-order valence-electron chi connectivity index (χ2n) is 1.43. The fourth-order valence-corrected chi connectivity index (χ4v) is 0.877. The van der Waals surface area contributed by atoms with Gasteiger partial charge in [0, 0.05) is 28.8 Å². The van der Waals surface area contributed by atoms with Gasteiger partial charge in [0.05, 0.1) is 0 Å². The van der Waals surface area contributed by atoms with Crippen LogP contribution in [0.4, 0.5) is 0 Å². The monoisotopic (exact) mass is 264 g/mol. The van der Waals surface area contributed by atoms with Crippen molar-refractivity contribution in [1.29, 1.82) is 0 Å². The summed E-state index contributed by atoms with van der Waals surface area (Å²) < 4.78 is 2.68. The van der Waals surface area contributed by atoms with Crippen LogP contribution in [-0.4, -0.2) is 9.97 Å². The van der Waals surface area contributed by atoms with Gasteiger partial charge < -0.3 is 0 Å². The first-order chi connectivity index (χ1) is 4.83. The Kier molecular flexibility index (Phi) is 2.90. The predicted octanol–water partition coefficient (Wildman–Crippen LogP) is 1.87. The van der Waals surface area contributed by atoms with E-state index in [-0.39, 0.29) is 5.28 Å². The molecule has 0 saturated heterocycles. The van der Waals surface area contributed by atoms with Gasteiger partial charge in [-0.2, -0.15) is 0 Å². The molecule has 2 nitrogen and oxygen atoms in total. The molecule has 1 rings (SSSR count). The Morgan fingerprint density at radius 2 is 2.40 bits per heavy atom. The average Bonchev–Trinajstić information content (AvgIpc) is 1.88. The molecule has 1 aromatic rings. The Hall–Kier alpha value is -0.340. The topological polar surface area (TPSA) is 25.8 Å². The summed E-state index contributed by atoms with van der Waals surface area (Å²) in [5, 5.41) is 0.233. The standard InChI is InChI=1S/C6H2ClIN2/c7-6-9-4-2-5(10-6)1-3-8/h2,4H. The lowest BCUT2D eigenvalue weighted by atomic mass is 10.4. The van der Waals surface area contributed by atoms with Crippen molar-refractivity contribution in [3.63, 3.8) is 0 Å². The molecule has 0 aliphatic rings. The second kappa shape index (κ2) is 3.74. The van der Waals surface area contributed by atoms with E-state index in [1.165, 1.54) is 0 Å². The summed E-state index contributed by atoms with van der Waals surface area (Å²) in [6.45, 7) is 0. The van der Waals surface area contributed by atoms with Gasteiger partial charge in [-0.25, -0.2) is 9.97 Å². The van der Waals surface area contributed by atoms with E-state index in [9.17, 15) is 0 Å². The quantitative estimate of drug-likeness (QED) is 0.406. The molecule has 0 aliphatic heterocycles. The summed E-state index contributed by atoms with van der Waals surface area (Å²) in [7, 11) is 0. The molecule has 0 bridgehead atoms. The normalized spacial score (nSPS) is 8.20. The highest BCUT2D eigenvalue weighted by molar-refractivity contribution is 14.1. The molecule has 0 aromatic carbocycles. The van der Waals surface area contributed by atoms with Gasteiger partial charge in [-0.15, -0.1) is 0 Å². The highest BCUT2D eigenvalue weighted by atomic mass is 127. The number of halogens is 2. The largest absolute Gasteiger partial charge is 0.226 e. The molecule has 0 fully saturated rings. The van der Waals surface area contributed by atoms with Crippen molar-refractivity contribution in [3.05, 3.63) is 23.2 Å². The Balaban J connectivity index is 3.03. The van der Waals surface area contributed by atoms with Crippen LogP contribution in [0.15, 0.2) is 12.3 Å². The maximum absolute atomic E-state index is 5.49. The van der Waals surface area contributed by atoms with Gasteiger partial charge in [-0.3, -0.25) is 0 Å². The van der Waals surface area contributed by atoms with Crippen molar-refractivity contribution in [3.8, 4) is 9.85 Å². The van der Waals surface area contributed by atoms with Gasteiger partial charge in [0.25, 0.3) is 0 Å². The van der Waals surface area contributed by atoms with E-state index in [0.29, 0.717) is 5.69 Å². The summed E-state index contributed by atoms with van der Waals surface area (Å²) >= 11 is 7.43. The number of nitrogens with zero attached hydrogens (tertiary/aromatic N) is 2.